The summed E-state index contributed by atoms with van der Waals surface area (Å²) in [6.45, 7) is 1.99. The van der Waals surface area contributed by atoms with E-state index in [0.29, 0.717) is 10.2 Å². The number of nitrogens with one attached hydrogen (secondary N) is 1. The Kier molecular flexibility index (Phi) is 5.17. The van der Waals surface area contributed by atoms with E-state index in [1.807, 2.05) is 28.7 Å². The number of rotatable bonds is 2. The Morgan fingerprint density at radius 2 is 2.21 bits per heavy atom. The van der Waals surface area contributed by atoms with Crippen LogP contribution >= 0.6 is 45.2 Å². The van der Waals surface area contributed by atoms with Crippen molar-refractivity contribution in [3.05, 3.63) is 19.6 Å². The van der Waals surface area contributed by atoms with Gasteiger partial charge in [0.15, 0.2) is 0 Å². The summed E-state index contributed by atoms with van der Waals surface area (Å²) in [7, 11) is 0. The van der Waals surface area contributed by atoms with E-state index in [-0.39, 0.29) is 5.91 Å². The van der Waals surface area contributed by atoms with Gasteiger partial charge in [0, 0.05) is 13.1 Å². The van der Waals surface area contributed by atoms with Crippen LogP contribution in [0.2, 0.25) is 0 Å². The standard InChI is InChI=1S/C8H11I2N3O/c9-6(11)1-2-7(10)13-4-3-12-5-8(13)14/h1-2,12H,3-5,11H2/b6-1-,7-2+. The molecular weight excluding hydrogens is 408 g/mol. The fourth-order valence-corrected chi connectivity index (χ4v) is 1.94. The number of carbonyl (C=O) groups is 1. The Morgan fingerprint density at radius 1 is 1.50 bits per heavy atom. The Bertz CT molecular complexity index is 284. The quantitative estimate of drug-likeness (QED) is 0.398. The molecule has 6 heteroatoms. The lowest BCUT2D eigenvalue weighted by atomic mass is 10.3. The molecule has 1 rings (SSSR count). The molecule has 1 fully saturated rings. The second kappa shape index (κ2) is 5.91. The first-order chi connectivity index (χ1) is 6.61. The van der Waals surface area contributed by atoms with Gasteiger partial charge in [-0.25, -0.2) is 0 Å². The van der Waals surface area contributed by atoms with Crippen LogP contribution in [0, 0.1) is 0 Å². The van der Waals surface area contributed by atoms with Gasteiger partial charge in [-0.2, -0.15) is 0 Å². The van der Waals surface area contributed by atoms with Crippen molar-refractivity contribution in [1.29, 1.82) is 0 Å². The fourth-order valence-electron chi connectivity index (χ4n) is 1.07. The number of amides is 1. The number of allylic oxidation sites excluding steroid dienone is 2. The van der Waals surface area contributed by atoms with Gasteiger partial charge in [-0.1, -0.05) is 0 Å². The monoisotopic (exact) mass is 419 g/mol. The van der Waals surface area contributed by atoms with Gasteiger partial charge >= 0.3 is 0 Å². The summed E-state index contributed by atoms with van der Waals surface area (Å²) >= 11 is 4.17. The molecule has 0 spiro atoms. The Labute approximate surface area is 110 Å². The van der Waals surface area contributed by atoms with Crippen molar-refractivity contribution >= 4 is 51.1 Å². The predicted octanol–water partition coefficient (Wildman–Crippen LogP) is 0.930. The van der Waals surface area contributed by atoms with Crippen LogP contribution in [0.5, 0.6) is 0 Å². The molecule has 0 aromatic carbocycles. The molecule has 0 aromatic heterocycles. The third-order valence-electron chi connectivity index (χ3n) is 1.73. The molecule has 0 aliphatic carbocycles. The molecule has 3 N–H and O–H groups in total. The summed E-state index contributed by atoms with van der Waals surface area (Å²) in [5.74, 6) is 0.109. The maximum absolute atomic E-state index is 11.4. The highest BCUT2D eigenvalue weighted by molar-refractivity contribution is 14.1. The molecule has 1 aliphatic heterocycles. The van der Waals surface area contributed by atoms with Crippen molar-refractivity contribution in [2.24, 2.45) is 5.73 Å². The van der Waals surface area contributed by atoms with Crippen molar-refractivity contribution < 1.29 is 4.79 Å². The predicted molar refractivity (Wildman–Crippen MR) is 73.0 cm³/mol. The van der Waals surface area contributed by atoms with Crippen molar-refractivity contribution in [2.75, 3.05) is 19.6 Å². The molecule has 0 radical (unpaired) electrons. The highest BCUT2D eigenvalue weighted by Gasteiger charge is 2.18. The molecule has 1 amide bonds. The number of carbonyl (C=O) groups excluding carboxylic acids is 1. The second-order valence-corrected chi connectivity index (χ2v) is 5.11. The van der Waals surface area contributed by atoms with Crippen LogP contribution in [0.3, 0.4) is 0 Å². The molecule has 14 heavy (non-hydrogen) atoms. The minimum atomic E-state index is 0.109. The van der Waals surface area contributed by atoms with Crippen LogP contribution in [0.25, 0.3) is 0 Å². The zero-order chi connectivity index (χ0) is 10.6. The lowest BCUT2D eigenvalue weighted by Gasteiger charge is -2.26. The van der Waals surface area contributed by atoms with Gasteiger partial charge in [0.2, 0.25) is 5.91 Å². The van der Waals surface area contributed by atoms with E-state index < -0.39 is 0 Å². The molecule has 1 saturated heterocycles. The zero-order valence-corrected chi connectivity index (χ0v) is 11.8. The number of hydrogen-bond acceptors (Lipinski definition) is 3. The minimum absolute atomic E-state index is 0.109. The molecule has 1 heterocycles. The number of halogens is 2. The number of nitrogens with zero attached hydrogens (tertiary/aromatic N) is 1. The van der Waals surface area contributed by atoms with Gasteiger partial charge in [-0.05, 0) is 57.3 Å². The van der Waals surface area contributed by atoms with Crippen molar-refractivity contribution in [3.63, 3.8) is 0 Å². The maximum atomic E-state index is 11.4. The lowest BCUT2D eigenvalue weighted by Crippen LogP contribution is -2.46. The minimum Gasteiger partial charge on any atom is -0.394 e. The lowest BCUT2D eigenvalue weighted by molar-refractivity contribution is -0.129. The molecule has 0 unspecified atom stereocenters. The number of hydrogen-bond donors (Lipinski definition) is 2. The van der Waals surface area contributed by atoms with Crippen LogP contribution in [0.15, 0.2) is 19.6 Å². The summed E-state index contributed by atoms with van der Waals surface area (Å²) in [6.07, 6.45) is 3.64. The van der Waals surface area contributed by atoms with Gasteiger partial charge in [-0.3, -0.25) is 4.79 Å². The second-order valence-electron chi connectivity index (χ2n) is 2.76. The summed E-state index contributed by atoms with van der Waals surface area (Å²) < 4.78 is 1.62. The normalized spacial score (nSPS) is 20.1. The van der Waals surface area contributed by atoms with Gasteiger partial charge in [0.25, 0.3) is 0 Å². The van der Waals surface area contributed by atoms with Gasteiger partial charge in [0.05, 0.1) is 14.0 Å². The molecular formula is C8H11I2N3O. The Balaban J connectivity index is 2.67. The topological polar surface area (TPSA) is 58.4 Å². The molecule has 0 atom stereocenters. The van der Waals surface area contributed by atoms with Crippen molar-refractivity contribution in [1.82, 2.24) is 10.2 Å². The largest absolute Gasteiger partial charge is 0.394 e. The first-order valence-electron chi connectivity index (χ1n) is 4.11. The fraction of sp³-hybridized carbons (Fsp3) is 0.375. The van der Waals surface area contributed by atoms with Gasteiger partial charge in [0.1, 0.15) is 0 Å². The third kappa shape index (κ3) is 3.73. The van der Waals surface area contributed by atoms with Gasteiger partial charge < -0.3 is 16.0 Å². The average Bonchev–Trinajstić information content (AvgIpc) is 2.15. The highest BCUT2D eigenvalue weighted by Crippen LogP contribution is 2.15. The maximum Gasteiger partial charge on any atom is 0.241 e. The van der Waals surface area contributed by atoms with E-state index >= 15 is 0 Å². The Morgan fingerprint density at radius 3 is 2.79 bits per heavy atom. The van der Waals surface area contributed by atoms with E-state index in [2.05, 4.69) is 27.9 Å². The third-order valence-corrected chi connectivity index (χ3v) is 3.03. The van der Waals surface area contributed by atoms with E-state index in [1.165, 1.54) is 0 Å². The first-order valence-corrected chi connectivity index (χ1v) is 6.26. The molecule has 78 valence electrons. The van der Waals surface area contributed by atoms with E-state index in [4.69, 9.17) is 5.73 Å². The summed E-state index contributed by atoms with van der Waals surface area (Å²) in [5.41, 5.74) is 5.49. The van der Waals surface area contributed by atoms with Crippen LogP contribution in [-0.2, 0) is 4.79 Å². The average molecular weight is 419 g/mol. The summed E-state index contributed by atoms with van der Waals surface area (Å²) in [6, 6.07) is 0. The highest BCUT2D eigenvalue weighted by atomic mass is 127. The van der Waals surface area contributed by atoms with Crippen LogP contribution in [0.1, 0.15) is 0 Å². The van der Waals surface area contributed by atoms with E-state index in [9.17, 15) is 4.79 Å². The molecule has 0 saturated carbocycles. The summed E-state index contributed by atoms with van der Waals surface area (Å²) in [5, 5.41) is 3.02. The Hall–Kier alpha value is 0.170. The zero-order valence-electron chi connectivity index (χ0n) is 7.46. The summed E-state index contributed by atoms with van der Waals surface area (Å²) in [4.78, 5) is 13.2. The van der Waals surface area contributed by atoms with Gasteiger partial charge in [-0.15, -0.1) is 0 Å². The SMILES string of the molecule is N/C(I)=C\C=C(/I)N1CCNCC1=O. The molecule has 4 nitrogen and oxygen atoms in total. The number of nitrogens with two attached hydrogens (primary N) is 1. The smallest absolute Gasteiger partial charge is 0.241 e. The van der Waals surface area contributed by atoms with Crippen LogP contribution < -0.4 is 11.1 Å². The molecule has 0 aromatic rings. The van der Waals surface area contributed by atoms with Crippen LogP contribution in [-0.4, -0.2) is 30.4 Å². The van der Waals surface area contributed by atoms with Crippen molar-refractivity contribution in [2.45, 2.75) is 0 Å². The molecule has 0 bridgehead atoms. The number of piperazine rings is 1. The van der Waals surface area contributed by atoms with E-state index in [0.717, 1.165) is 16.8 Å². The molecule has 1 aliphatic rings. The van der Waals surface area contributed by atoms with Crippen molar-refractivity contribution in [3.8, 4) is 0 Å². The first kappa shape index (κ1) is 12.2. The van der Waals surface area contributed by atoms with Crippen LogP contribution in [0.4, 0.5) is 0 Å². The van der Waals surface area contributed by atoms with E-state index in [1.54, 1.807) is 11.0 Å².